The molecule has 3 aromatic heterocycles. The van der Waals surface area contributed by atoms with Crippen LogP contribution in [-0.4, -0.2) is 64.6 Å². The summed E-state index contributed by atoms with van der Waals surface area (Å²) in [7, 11) is 0. The number of amides is 1. The number of pyridine rings is 3. The fourth-order valence-electron chi connectivity index (χ4n) is 3.42. The van der Waals surface area contributed by atoms with E-state index in [1.54, 1.807) is 24.8 Å². The van der Waals surface area contributed by atoms with Crippen molar-refractivity contribution in [1.82, 2.24) is 25.2 Å². The van der Waals surface area contributed by atoms with Crippen molar-refractivity contribution in [3.8, 4) is 11.1 Å². The van der Waals surface area contributed by atoms with Crippen LogP contribution in [0.1, 0.15) is 17.4 Å². The van der Waals surface area contributed by atoms with E-state index in [1.807, 2.05) is 24.3 Å². The highest BCUT2D eigenvalue weighted by Crippen LogP contribution is 2.27. The van der Waals surface area contributed by atoms with Crippen LogP contribution >= 0.6 is 0 Å². The van der Waals surface area contributed by atoms with Gasteiger partial charge in [0.1, 0.15) is 5.69 Å². The van der Waals surface area contributed by atoms with Gasteiger partial charge in [-0.3, -0.25) is 19.7 Å². The monoisotopic (exact) mass is 377 g/mol. The molecular formula is C21H23N5O2. The molecule has 1 fully saturated rings. The summed E-state index contributed by atoms with van der Waals surface area (Å²) >= 11 is 0. The highest BCUT2D eigenvalue weighted by atomic mass is 16.5. The zero-order valence-corrected chi connectivity index (χ0v) is 15.8. The topological polar surface area (TPSA) is 80.2 Å². The Kier molecular flexibility index (Phi) is 5.55. The van der Waals surface area contributed by atoms with E-state index in [2.05, 4.69) is 32.1 Å². The fourth-order valence-corrected chi connectivity index (χ4v) is 3.42. The molecule has 7 heteroatoms. The van der Waals surface area contributed by atoms with Crippen LogP contribution in [0.5, 0.6) is 0 Å². The number of aromatic nitrogens is 3. The Hall–Kier alpha value is -2.90. The SMILES string of the molecule is C[C@@H](CNC(=O)c1cc(-c2cccnc2)c2cnccc2n1)N1CCOCC1. The molecule has 7 nitrogen and oxygen atoms in total. The van der Waals surface area contributed by atoms with Gasteiger partial charge in [-0.05, 0) is 30.7 Å². The molecule has 144 valence electrons. The van der Waals surface area contributed by atoms with Crippen LogP contribution in [-0.2, 0) is 4.74 Å². The van der Waals surface area contributed by atoms with Gasteiger partial charge in [0.2, 0.25) is 0 Å². The van der Waals surface area contributed by atoms with Gasteiger partial charge in [0.25, 0.3) is 5.91 Å². The highest BCUT2D eigenvalue weighted by molar-refractivity contribution is 6.00. The Morgan fingerprint density at radius 2 is 2.04 bits per heavy atom. The third-order valence-corrected chi connectivity index (χ3v) is 5.04. The van der Waals surface area contributed by atoms with E-state index in [9.17, 15) is 4.79 Å². The average Bonchev–Trinajstić information content (AvgIpc) is 2.77. The van der Waals surface area contributed by atoms with Crippen molar-refractivity contribution in [3.63, 3.8) is 0 Å². The Labute approximate surface area is 163 Å². The molecule has 4 rings (SSSR count). The lowest BCUT2D eigenvalue weighted by atomic mass is 10.0. The number of ether oxygens (including phenoxy) is 1. The van der Waals surface area contributed by atoms with Gasteiger partial charge in [0.05, 0.1) is 18.7 Å². The van der Waals surface area contributed by atoms with E-state index in [-0.39, 0.29) is 11.9 Å². The van der Waals surface area contributed by atoms with Gasteiger partial charge in [-0.2, -0.15) is 0 Å². The summed E-state index contributed by atoms with van der Waals surface area (Å²) in [6.07, 6.45) is 6.97. The molecule has 1 aliphatic heterocycles. The number of hydrogen-bond acceptors (Lipinski definition) is 6. The molecule has 0 bridgehead atoms. The molecule has 1 atom stereocenters. The second-order valence-electron chi connectivity index (χ2n) is 6.90. The minimum atomic E-state index is -0.177. The summed E-state index contributed by atoms with van der Waals surface area (Å²) in [5, 5.41) is 3.92. The summed E-state index contributed by atoms with van der Waals surface area (Å²) in [5.41, 5.74) is 2.96. The first kappa shape index (κ1) is 18.5. The van der Waals surface area contributed by atoms with Crippen LogP contribution in [0, 0.1) is 0 Å². The third-order valence-electron chi connectivity index (χ3n) is 5.04. The van der Waals surface area contributed by atoms with E-state index in [1.165, 1.54) is 0 Å². The third kappa shape index (κ3) is 4.00. The van der Waals surface area contributed by atoms with E-state index in [0.717, 1.165) is 48.3 Å². The zero-order chi connectivity index (χ0) is 19.3. The lowest BCUT2D eigenvalue weighted by Gasteiger charge is -2.32. The molecule has 0 unspecified atom stereocenters. The van der Waals surface area contributed by atoms with Crippen LogP contribution in [0.25, 0.3) is 22.0 Å². The smallest absolute Gasteiger partial charge is 0.269 e. The lowest BCUT2D eigenvalue weighted by molar-refractivity contribution is 0.0204. The van der Waals surface area contributed by atoms with Gasteiger partial charge in [-0.1, -0.05) is 6.07 Å². The largest absolute Gasteiger partial charge is 0.379 e. The molecule has 0 saturated carbocycles. The molecule has 1 saturated heterocycles. The average molecular weight is 377 g/mol. The van der Waals surface area contributed by atoms with Crippen LogP contribution < -0.4 is 5.32 Å². The number of carbonyl (C=O) groups is 1. The molecule has 1 aliphatic rings. The Morgan fingerprint density at radius 1 is 1.21 bits per heavy atom. The summed E-state index contributed by atoms with van der Waals surface area (Å²) in [5.74, 6) is -0.177. The van der Waals surface area contributed by atoms with E-state index in [0.29, 0.717) is 12.2 Å². The van der Waals surface area contributed by atoms with Gasteiger partial charge in [-0.25, -0.2) is 4.98 Å². The van der Waals surface area contributed by atoms with E-state index in [4.69, 9.17) is 4.74 Å². The second-order valence-corrected chi connectivity index (χ2v) is 6.90. The fraction of sp³-hybridized carbons (Fsp3) is 0.333. The van der Waals surface area contributed by atoms with Crippen LogP contribution in [0.4, 0.5) is 0 Å². The minimum absolute atomic E-state index is 0.177. The van der Waals surface area contributed by atoms with Gasteiger partial charge in [0.15, 0.2) is 0 Å². The second kappa shape index (κ2) is 8.41. The van der Waals surface area contributed by atoms with Crippen molar-refractivity contribution in [2.75, 3.05) is 32.8 Å². The highest BCUT2D eigenvalue weighted by Gasteiger charge is 2.19. The number of hydrogen-bond donors (Lipinski definition) is 1. The van der Waals surface area contributed by atoms with Crippen molar-refractivity contribution in [3.05, 3.63) is 54.7 Å². The first-order valence-corrected chi connectivity index (χ1v) is 9.47. The Morgan fingerprint density at radius 3 is 2.82 bits per heavy atom. The zero-order valence-electron chi connectivity index (χ0n) is 15.8. The van der Waals surface area contributed by atoms with Gasteiger partial charge in [-0.15, -0.1) is 0 Å². The first-order valence-electron chi connectivity index (χ1n) is 9.47. The summed E-state index contributed by atoms with van der Waals surface area (Å²) in [6.45, 7) is 5.95. The Bertz CT molecular complexity index is 957. The number of fused-ring (bicyclic) bond motifs is 1. The first-order chi connectivity index (χ1) is 13.7. The van der Waals surface area contributed by atoms with Crippen LogP contribution in [0.15, 0.2) is 49.1 Å². The predicted molar refractivity (Wildman–Crippen MR) is 107 cm³/mol. The molecule has 0 aromatic carbocycles. The number of nitrogens with zero attached hydrogens (tertiary/aromatic N) is 4. The normalized spacial score (nSPS) is 16.0. The summed E-state index contributed by atoms with van der Waals surface area (Å²) in [6, 6.07) is 7.73. The quantitative estimate of drug-likeness (QED) is 0.734. The Balaban J connectivity index is 1.57. The number of rotatable bonds is 5. The van der Waals surface area contributed by atoms with Crippen LogP contribution in [0.3, 0.4) is 0 Å². The molecule has 3 aromatic rings. The van der Waals surface area contributed by atoms with Crippen molar-refractivity contribution in [2.24, 2.45) is 0 Å². The lowest BCUT2D eigenvalue weighted by Crippen LogP contribution is -2.47. The molecule has 4 heterocycles. The van der Waals surface area contributed by atoms with Crippen molar-refractivity contribution < 1.29 is 9.53 Å². The maximum absolute atomic E-state index is 12.8. The molecular weight excluding hydrogens is 354 g/mol. The molecule has 1 amide bonds. The standard InChI is InChI=1S/C21H23N5O2/c1-15(26-7-9-28-10-8-26)12-24-21(27)20-11-17(16-3-2-5-22-13-16)18-14-23-6-4-19(18)25-20/h2-6,11,13-15H,7-10,12H2,1H3,(H,24,27)/t15-/m0/s1. The van der Waals surface area contributed by atoms with E-state index >= 15 is 0 Å². The van der Waals surface area contributed by atoms with E-state index < -0.39 is 0 Å². The number of nitrogens with one attached hydrogen (secondary N) is 1. The van der Waals surface area contributed by atoms with Crippen molar-refractivity contribution in [1.29, 1.82) is 0 Å². The van der Waals surface area contributed by atoms with Crippen LogP contribution in [0.2, 0.25) is 0 Å². The molecule has 0 spiro atoms. The minimum Gasteiger partial charge on any atom is -0.379 e. The number of carbonyl (C=O) groups excluding carboxylic acids is 1. The van der Waals surface area contributed by atoms with Gasteiger partial charge in [0, 0.05) is 61.4 Å². The maximum Gasteiger partial charge on any atom is 0.269 e. The molecule has 0 aliphatic carbocycles. The number of morpholine rings is 1. The summed E-state index contributed by atoms with van der Waals surface area (Å²) in [4.78, 5) is 28.1. The molecule has 1 N–H and O–H groups in total. The summed E-state index contributed by atoms with van der Waals surface area (Å²) < 4.78 is 5.39. The van der Waals surface area contributed by atoms with Gasteiger partial charge < -0.3 is 10.1 Å². The molecule has 28 heavy (non-hydrogen) atoms. The maximum atomic E-state index is 12.8. The van der Waals surface area contributed by atoms with Crippen molar-refractivity contribution >= 4 is 16.8 Å². The van der Waals surface area contributed by atoms with Crippen molar-refractivity contribution in [2.45, 2.75) is 13.0 Å². The predicted octanol–water partition coefficient (Wildman–Crippen LogP) is 2.14. The van der Waals surface area contributed by atoms with Gasteiger partial charge >= 0.3 is 0 Å². The molecule has 0 radical (unpaired) electrons.